The summed E-state index contributed by atoms with van der Waals surface area (Å²) in [6.07, 6.45) is 0.880. The van der Waals surface area contributed by atoms with Gasteiger partial charge in [0.15, 0.2) is 0 Å². The van der Waals surface area contributed by atoms with Crippen molar-refractivity contribution in [2.45, 2.75) is 31.1 Å². The van der Waals surface area contributed by atoms with Gasteiger partial charge >= 0.3 is 0 Å². The lowest BCUT2D eigenvalue weighted by Gasteiger charge is -2.31. The summed E-state index contributed by atoms with van der Waals surface area (Å²) in [7, 11) is 0. The molecular weight excluding hydrogens is 651 g/mol. The number of aromatic nitrogens is 1. The van der Waals surface area contributed by atoms with Crippen LogP contribution >= 0.6 is 0 Å². The Bertz CT molecular complexity index is 2960. The fraction of sp³-hybridized carbons (Fsp3) is 0.0943. The predicted octanol–water partition coefficient (Wildman–Crippen LogP) is 13.0. The first-order valence-corrected chi connectivity index (χ1v) is 19.2. The molecule has 0 bridgehead atoms. The van der Waals surface area contributed by atoms with E-state index in [1.54, 1.807) is 0 Å². The van der Waals surface area contributed by atoms with E-state index in [2.05, 4.69) is 194 Å². The standard InChI is InChI=1S/C53H37N/c1-52(2)44-18-8-3-15-38(44)43-30-33(24-28-45(43)52)29-34-23-26-39-40-27-25-35(54-50-21-11-6-16-41(50)42-17-7-12-22-51(42)54)32-49(40)53(48(39)31-34)46-19-9-4-13-36(46)37-14-5-10-20-47(37)53/h3-28,30-32H,29H2,1-2H3. The van der Waals surface area contributed by atoms with Gasteiger partial charge in [0, 0.05) is 21.9 Å². The minimum absolute atomic E-state index is 0.0114. The zero-order chi connectivity index (χ0) is 35.8. The van der Waals surface area contributed by atoms with E-state index >= 15 is 0 Å². The Hall–Kier alpha value is -6.44. The summed E-state index contributed by atoms with van der Waals surface area (Å²) in [6, 6.07) is 66.7. The molecule has 0 radical (unpaired) electrons. The topological polar surface area (TPSA) is 4.93 Å². The number of benzene rings is 8. The lowest BCUT2D eigenvalue weighted by atomic mass is 9.70. The molecule has 0 saturated carbocycles. The Labute approximate surface area is 315 Å². The maximum atomic E-state index is 2.54. The third kappa shape index (κ3) is 3.74. The van der Waals surface area contributed by atoms with Crippen molar-refractivity contribution < 1.29 is 0 Å². The molecule has 1 nitrogen and oxygen atoms in total. The third-order valence-corrected chi connectivity index (χ3v) is 13.0. The van der Waals surface area contributed by atoms with Crippen molar-refractivity contribution in [3.05, 3.63) is 220 Å². The van der Waals surface area contributed by atoms with Gasteiger partial charge in [-0.15, -0.1) is 0 Å². The molecule has 0 saturated heterocycles. The molecule has 1 heterocycles. The Morgan fingerprint density at radius 1 is 0.370 bits per heavy atom. The van der Waals surface area contributed by atoms with Gasteiger partial charge in [-0.25, -0.2) is 0 Å². The molecule has 1 aromatic heterocycles. The first kappa shape index (κ1) is 30.1. The fourth-order valence-electron chi connectivity index (χ4n) is 10.7. The highest BCUT2D eigenvalue weighted by atomic mass is 15.0. The van der Waals surface area contributed by atoms with Crippen LogP contribution in [0, 0.1) is 0 Å². The van der Waals surface area contributed by atoms with E-state index in [1.807, 2.05) is 0 Å². The average molecular weight is 688 g/mol. The molecule has 1 heteroatoms. The van der Waals surface area contributed by atoms with E-state index < -0.39 is 5.41 Å². The zero-order valence-electron chi connectivity index (χ0n) is 30.4. The van der Waals surface area contributed by atoms with Gasteiger partial charge in [0.2, 0.25) is 0 Å². The number of hydrogen-bond acceptors (Lipinski definition) is 0. The van der Waals surface area contributed by atoms with Crippen LogP contribution in [0.2, 0.25) is 0 Å². The highest BCUT2D eigenvalue weighted by molar-refractivity contribution is 6.09. The molecule has 3 aliphatic rings. The van der Waals surface area contributed by atoms with Gasteiger partial charge in [-0.1, -0.05) is 166 Å². The second kappa shape index (κ2) is 10.6. The number of para-hydroxylation sites is 2. The van der Waals surface area contributed by atoms with E-state index in [0.717, 1.165) is 6.42 Å². The summed E-state index contributed by atoms with van der Waals surface area (Å²) in [6.45, 7) is 4.72. The smallest absolute Gasteiger partial charge is 0.0726 e. The summed E-state index contributed by atoms with van der Waals surface area (Å²) in [4.78, 5) is 0. The van der Waals surface area contributed by atoms with Gasteiger partial charge in [0.05, 0.1) is 16.4 Å². The number of fused-ring (bicyclic) bond motifs is 16. The van der Waals surface area contributed by atoms with Gasteiger partial charge < -0.3 is 4.57 Å². The predicted molar refractivity (Wildman–Crippen MR) is 224 cm³/mol. The molecule has 3 aliphatic carbocycles. The van der Waals surface area contributed by atoms with Gasteiger partial charge in [0.1, 0.15) is 0 Å². The Morgan fingerprint density at radius 3 is 1.50 bits per heavy atom. The van der Waals surface area contributed by atoms with E-state index in [9.17, 15) is 0 Å². The van der Waals surface area contributed by atoms with E-state index in [0.29, 0.717) is 0 Å². The molecule has 12 rings (SSSR count). The van der Waals surface area contributed by atoms with E-state index in [4.69, 9.17) is 0 Å². The third-order valence-electron chi connectivity index (χ3n) is 13.0. The molecule has 0 amide bonds. The quantitative estimate of drug-likeness (QED) is 0.174. The first-order valence-electron chi connectivity index (χ1n) is 19.2. The molecular formula is C53H37N. The summed E-state index contributed by atoms with van der Waals surface area (Å²) in [5.74, 6) is 0. The van der Waals surface area contributed by atoms with Crippen LogP contribution in [-0.4, -0.2) is 4.57 Å². The highest BCUT2D eigenvalue weighted by Gasteiger charge is 2.51. The van der Waals surface area contributed by atoms with Crippen LogP contribution in [0.5, 0.6) is 0 Å². The van der Waals surface area contributed by atoms with Crippen molar-refractivity contribution in [3.8, 4) is 39.1 Å². The van der Waals surface area contributed by atoms with Gasteiger partial charge in [0.25, 0.3) is 0 Å². The molecule has 8 aromatic carbocycles. The monoisotopic (exact) mass is 687 g/mol. The van der Waals surface area contributed by atoms with Gasteiger partial charge in [-0.2, -0.15) is 0 Å². The maximum Gasteiger partial charge on any atom is 0.0726 e. The molecule has 0 aliphatic heterocycles. The van der Waals surface area contributed by atoms with Crippen LogP contribution in [0.25, 0.3) is 60.9 Å². The van der Waals surface area contributed by atoms with Gasteiger partial charge in [-0.05, 0) is 109 Å². The molecule has 54 heavy (non-hydrogen) atoms. The number of nitrogens with zero attached hydrogens (tertiary/aromatic N) is 1. The first-order chi connectivity index (χ1) is 26.5. The molecule has 1 spiro atoms. The van der Waals surface area contributed by atoms with Crippen LogP contribution in [-0.2, 0) is 17.3 Å². The normalized spacial score (nSPS) is 14.9. The zero-order valence-corrected chi connectivity index (χ0v) is 30.4. The van der Waals surface area contributed by atoms with Crippen molar-refractivity contribution in [2.24, 2.45) is 0 Å². The molecule has 0 N–H and O–H groups in total. The van der Waals surface area contributed by atoms with Gasteiger partial charge in [-0.3, -0.25) is 0 Å². The lowest BCUT2D eigenvalue weighted by molar-refractivity contribution is 0.660. The van der Waals surface area contributed by atoms with Crippen LogP contribution in [0.15, 0.2) is 176 Å². The molecule has 0 atom stereocenters. The van der Waals surface area contributed by atoms with Crippen molar-refractivity contribution >= 4 is 21.8 Å². The fourth-order valence-corrected chi connectivity index (χ4v) is 10.7. The highest BCUT2D eigenvalue weighted by Crippen LogP contribution is 2.63. The maximum absolute atomic E-state index is 2.54. The van der Waals surface area contributed by atoms with Crippen LogP contribution in [0.4, 0.5) is 0 Å². The molecule has 254 valence electrons. The Morgan fingerprint density at radius 2 is 0.833 bits per heavy atom. The summed E-state index contributed by atoms with van der Waals surface area (Å²) >= 11 is 0. The molecule has 0 fully saturated rings. The molecule has 9 aromatic rings. The minimum Gasteiger partial charge on any atom is -0.309 e. The van der Waals surface area contributed by atoms with E-state index in [-0.39, 0.29) is 5.41 Å². The minimum atomic E-state index is -0.427. The van der Waals surface area contributed by atoms with Crippen molar-refractivity contribution in [3.63, 3.8) is 0 Å². The summed E-state index contributed by atoms with van der Waals surface area (Å²) in [5, 5.41) is 2.57. The SMILES string of the molecule is CC1(C)c2ccccc2-c2cc(Cc3ccc4c(c3)C3(c5ccccc5-c5ccccc53)c3cc(-n5c6ccccc6c6ccccc65)ccc3-4)ccc21. The number of rotatable bonds is 3. The van der Waals surface area contributed by atoms with Crippen LogP contribution < -0.4 is 0 Å². The van der Waals surface area contributed by atoms with E-state index in [1.165, 1.54) is 105 Å². The largest absolute Gasteiger partial charge is 0.309 e. The Kier molecular flexibility index (Phi) is 5.89. The summed E-state index contributed by atoms with van der Waals surface area (Å²) in [5.41, 5.74) is 22.4. The van der Waals surface area contributed by atoms with Crippen molar-refractivity contribution in [1.82, 2.24) is 4.57 Å². The van der Waals surface area contributed by atoms with Crippen LogP contribution in [0.1, 0.15) is 58.4 Å². The number of hydrogen-bond donors (Lipinski definition) is 0. The second-order valence-corrected chi connectivity index (χ2v) is 16.0. The summed E-state index contributed by atoms with van der Waals surface area (Å²) < 4.78 is 2.47. The lowest BCUT2D eigenvalue weighted by Crippen LogP contribution is -2.26. The average Bonchev–Trinajstić information content (AvgIpc) is 3.88. The second-order valence-electron chi connectivity index (χ2n) is 16.0. The van der Waals surface area contributed by atoms with Crippen LogP contribution in [0.3, 0.4) is 0 Å². The van der Waals surface area contributed by atoms with Crippen molar-refractivity contribution in [2.75, 3.05) is 0 Å². The van der Waals surface area contributed by atoms with Crippen molar-refractivity contribution in [1.29, 1.82) is 0 Å². The Balaban J connectivity index is 1.08. The molecule has 0 unspecified atom stereocenters.